The highest BCUT2D eigenvalue weighted by molar-refractivity contribution is 6.20. The van der Waals surface area contributed by atoms with Crippen molar-refractivity contribution in [2.24, 2.45) is 0 Å². The Hall–Kier alpha value is -6.46. The van der Waals surface area contributed by atoms with Crippen LogP contribution >= 0.6 is 0 Å². The van der Waals surface area contributed by atoms with Crippen LogP contribution in [0.15, 0.2) is 162 Å². The van der Waals surface area contributed by atoms with Gasteiger partial charge in [0.15, 0.2) is 23.1 Å². The van der Waals surface area contributed by atoms with Crippen LogP contribution in [-0.4, -0.2) is 19.9 Å². The van der Waals surface area contributed by atoms with Crippen molar-refractivity contribution in [1.29, 1.82) is 0 Å². The molecule has 0 amide bonds. The molecule has 3 aromatic heterocycles. The molecule has 0 unspecified atom stereocenters. The summed E-state index contributed by atoms with van der Waals surface area (Å²) in [4.78, 5) is 19.7. The standard InChI is InChI=1S/C42H26N4O/c1-3-12-28(13-4-1)40-44-41(29-14-5-2-6-15-29)46-42(45-40)30-24-22-27(23-25-30)31-16-11-17-32(26-31)38-39-37(33-18-7-9-20-35(33)43-38)34-19-8-10-21-36(34)47-39/h1-26H. The maximum absolute atomic E-state index is 6.46. The highest BCUT2D eigenvalue weighted by Crippen LogP contribution is 2.40. The third-order valence-corrected chi connectivity index (χ3v) is 8.53. The van der Waals surface area contributed by atoms with Crippen molar-refractivity contribution in [2.45, 2.75) is 0 Å². The number of hydrogen-bond acceptors (Lipinski definition) is 5. The third-order valence-electron chi connectivity index (χ3n) is 8.53. The van der Waals surface area contributed by atoms with Crippen molar-refractivity contribution in [3.8, 4) is 56.5 Å². The summed E-state index contributed by atoms with van der Waals surface area (Å²) in [5.41, 5.74) is 9.41. The van der Waals surface area contributed by atoms with Gasteiger partial charge in [0.25, 0.3) is 0 Å². The van der Waals surface area contributed by atoms with E-state index in [2.05, 4.69) is 78.9 Å². The minimum absolute atomic E-state index is 0.630. The Labute approximate surface area is 270 Å². The average Bonchev–Trinajstić information content (AvgIpc) is 3.55. The van der Waals surface area contributed by atoms with Gasteiger partial charge in [-0.1, -0.05) is 140 Å². The molecule has 9 aromatic rings. The molecule has 0 saturated carbocycles. The predicted octanol–water partition coefficient (Wildman–Crippen LogP) is 10.7. The Kier molecular flexibility index (Phi) is 6.39. The monoisotopic (exact) mass is 602 g/mol. The van der Waals surface area contributed by atoms with Crippen LogP contribution in [0.1, 0.15) is 0 Å². The molecule has 5 nitrogen and oxygen atoms in total. The molecule has 0 aliphatic rings. The smallest absolute Gasteiger partial charge is 0.164 e. The fourth-order valence-electron chi connectivity index (χ4n) is 6.22. The topological polar surface area (TPSA) is 64.7 Å². The first-order valence-electron chi connectivity index (χ1n) is 15.6. The molecule has 0 aliphatic heterocycles. The maximum Gasteiger partial charge on any atom is 0.164 e. The summed E-state index contributed by atoms with van der Waals surface area (Å²) in [6, 6.07) is 53.4. The van der Waals surface area contributed by atoms with E-state index in [-0.39, 0.29) is 0 Å². The van der Waals surface area contributed by atoms with E-state index in [1.807, 2.05) is 78.9 Å². The van der Waals surface area contributed by atoms with E-state index < -0.39 is 0 Å². The van der Waals surface area contributed by atoms with Crippen LogP contribution < -0.4 is 0 Å². The number of furan rings is 1. The van der Waals surface area contributed by atoms with E-state index in [1.165, 1.54) is 0 Å². The lowest BCUT2D eigenvalue weighted by molar-refractivity contribution is 0.669. The van der Waals surface area contributed by atoms with E-state index in [4.69, 9.17) is 24.4 Å². The summed E-state index contributed by atoms with van der Waals surface area (Å²) in [6.07, 6.45) is 0. The van der Waals surface area contributed by atoms with Gasteiger partial charge in [0.2, 0.25) is 0 Å². The normalized spacial score (nSPS) is 11.4. The second-order valence-corrected chi connectivity index (χ2v) is 11.5. The van der Waals surface area contributed by atoms with Crippen molar-refractivity contribution >= 4 is 32.8 Å². The van der Waals surface area contributed by atoms with Crippen molar-refractivity contribution in [2.75, 3.05) is 0 Å². The van der Waals surface area contributed by atoms with Crippen molar-refractivity contribution < 1.29 is 4.42 Å². The van der Waals surface area contributed by atoms with Gasteiger partial charge >= 0.3 is 0 Å². The minimum atomic E-state index is 0.630. The van der Waals surface area contributed by atoms with Gasteiger partial charge < -0.3 is 4.42 Å². The van der Waals surface area contributed by atoms with E-state index >= 15 is 0 Å². The number of fused-ring (bicyclic) bond motifs is 5. The van der Waals surface area contributed by atoms with Gasteiger partial charge in [-0.3, -0.25) is 0 Å². The SMILES string of the molecule is c1ccc(-c2nc(-c3ccccc3)nc(-c3ccc(-c4cccc(-c5nc6ccccc6c6c5oc5ccccc56)c4)cc3)n2)cc1. The second-order valence-electron chi connectivity index (χ2n) is 11.5. The lowest BCUT2D eigenvalue weighted by Crippen LogP contribution is -2.00. The highest BCUT2D eigenvalue weighted by atomic mass is 16.3. The number of rotatable bonds is 5. The summed E-state index contributed by atoms with van der Waals surface area (Å²) >= 11 is 0. The summed E-state index contributed by atoms with van der Waals surface area (Å²) in [7, 11) is 0. The minimum Gasteiger partial charge on any atom is -0.454 e. The second kappa shape index (κ2) is 11.2. The Balaban J connectivity index is 1.12. The number of benzene rings is 6. The largest absolute Gasteiger partial charge is 0.454 e. The molecule has 9 rings (SSSR count). The molecule has 6 aromatic carbocycles. The summed E-state index contributed by atoms with van der Waals surface area (Å²) in [5, 5.41) is 3.28. The molecule has 0 bridgehead atoms. The van der Waals surface area contributed by atoms with Gasteiger partial charge in [-0.25, -0.2) is 19.9 Å². The molecule has 3 heterocycles. The van der Waals surface area contributed by atoms with Gasteiger partial charge in [-0.05, 0) is 29.3 Å². The molecule has 0 spiro atoms. The summed E-state index contributed by atoms with van der Waals surface area (Å²) in [6.45, 7) is 0. The molecular weight excluding hydrogens is 576 g/mol. The molecule has 0 saturated heterocycles. The van der Waals surface area contributed by atoms with Crippen LogP contribution in [-0.2, 0) is 0 Å². The van der Waals surface area contributed by atoms with Crippen LogP contribution in [0.5, 0.6) is 0 Å². The van der Waals surface area contributed by atoms with Gasteiger partial charge in [-0.15, -0.1) is 0 Å². The van der Waals surface area contributed by atoms with Gasteiger partial charge in [0.1, 0.15) is 11.3 Å². The Morgan fingerprint density at radius 2 is 0.872 bits per heavy atom. The third kappa shape index (κ3) is 4.82. The predicted molar refractivity (Wildman–Crippen MR) is 190 cm³/mol. The number of pyridine rings is 1. The summed E-state index contributed by atoms with van der Waals surface area (Å²) in [5.74, 6) is 1.92. The highest BCUT2D eigenvalue weighted by Gasteiger charge is 2.18. The molecule has 0 atom stereocenters. The Morgan fingerprint density at radius 1 is 0.362 bits per heavy atom. The van der Waals surface area contributed by atoms with Crippen molar-refractivity contribution in [3.05, 3.63) is 158 Å². The lowest BCUT2D eigenvalue weighted by Gasteiger charge is -2.10. The van der Waals surface area contributed by atoms with Crippen LogP contribution in [0, 0.1) is 0 Å². The molecule has 0 fully saturated rings. The van der Waals surface area contributed by atoms with E-state index in [1.54, 1.807) is 0 Å². The van der Waals surface area contributed by atoms with Crippen molar-refractivity contribution in [1.82, 2.24) is 19.9 Å². The molecule has 0 N–H and O–H groups in total. The van der Waals surface area contributed by atoms with Gasteiger partial charge in [-0.2, -0.15) is 0 Å². The van der Waals surface area contributed by atoms with E-state index in [0.29, 0.717) is 17.5 Å². The first kappa shape index (κ1) is 26.9. The first-order chi connectivity index (χ1) is 23.3. The van der Waals surface area contributed by atoms with Crippen LogP contribution in [0.2, 0.25) is 0 Å². The van der Waals surface area contributed by atoms with E-state index in [0.717, 1.165) is 71.9 Å². The fraction of sp³-hybridized carbons (Fsp3) is 0. The number of hydrogen-bond donors (Lipinski definition) is 0. The summed E-state index contributed by atoms with van der Waals surface area (Å²) < 4.78 is 6.46. The molecule has 0 aliphatic carbocycles. The molecule has 5 heteroatoms. The van der Waals surface area contributed by atoms with Crippen LogP contribution in [0.25, 0.3) is 89.4 Å². The molecule has 220 valence electrons. The first-order valence-corrected chi connectivity index (χ1v) is 15.6. The van der Waals surface area contributed by atoms with E-state index in [9.17, 15) is 0 Å². The number of nitrogens with zero attached hydrogens (tertiary/aromatic N) is 4. The number of aromatic nitrogens is 4. The van der Waals surface area contributed by atoms with Gasteiger partial charge in [0, 0.05) is 38.4 Å². The average molecular weight is 603 g/mol. The fourth-order valence-corrected chi connectivity index (χ4v) is 6.22. The zero-order valence-electron chi connectivity index (χ0n) is 25.2. The molecular formula is C42H26N4O. The zero-order valence-corrected chi connectivity index (χ0v) is 25.2. The van der Waals surface area contributed by atoms with Crippen molar-refractivity contribution in [3.63, 3.8) is 0 Å². The molecule has 0 radical (unpaired) electrons. The maximum atomic E-state index is 6.46. The number of para-hydroxylation sites is 2. The Morgan fingerprint density at radius 3 is 1.55 bits per heavy atom. The zero-order chi connectivity index (χ0) is 31.2. The quantitative estimate of drug-likeness (QED) is 0.196. The van der Waals surface area contributed by atoms with Crippen LogP contribution in [0.3, 0.4) is 0 Å². The Bertz CT molecular complexity index is 2500. The van der Waals surface area contributed by atoms with Crippen LogP contribution in [0.4, 0.5) is 0 Å². The van der Waals surface area contributed by atoms with Gasteiger partial charge in [0.05, 0.1) is 5.52 Å². The molecule has 47 heavy (non-hydrogen) atoms. The lowest BCUT2D eigenvalue weighted by atomic mass is 9.98.